The SMILES string of the molecule is C1CC(CSCC2CS2)C(CSCC2CS2)C[Se]1. The monoisotopic (exact) mass is 386 g/mol. The molecule has 5 heteroatoms. The van der Waals surface area contributed by atoms with Gasteiger partial charge in [-0.2, -0.15) is 0 Å². The predicted molar refractivity (Wildman–Crippen MR) is 94.1 cm³/mol. The molecule has 3 aliphatic rings. The second kappa shape index (κ2) is 7.79. The third-order valence-electron chi connectivity index (χ3n) is 3.71. The van der Waals surface area contributed by atoms with E-state index >= 15 is 0 Å². The summed E-state index contributed by atoms with van der Waals surface area (Å²) in [5, 5.41) is 5.21. The minimum absolute atomic E-state index is 0.979. The zero-order valence-corrected chi connectivity index (χ0v) is 15.7. The molecule has 3 fully saturated rings. The Morgan fingerprint density at radius 2 is 1.50 bits per heavy atom. The average Bonchev–Trinajstić information content (AvgIpc) is 3.25. The summed E-state index contributed by atoms with van der Waals surface area (Å²) >= 11 is 9.81. The van der Waals surface area contributed by atoms with Gasteiger partial charge in [-0.05, 0) is 0 Å². The van der Waals surface area contributed by atoms with Gasteiger partial charge in [-0.25, -0.2) is 0 Å². The molecule has 0 amide bonds. The van der Waals surface area contributed by atoms with E-state index in [1.165, 1.54) is 34.5 Å². The Morgan fingerprint density at radius 3 is 2.11 bits per heavy atom. The van der Waals surface area contributed by atoms with E-state index in [2.05, 4.69) is 47.0 Å². The van der Waals surface area contributed by atoms with Crippen molar-refractivity contribution < 1.29 is 0 Å². The van der Waals surface area contributed by atoms with Gasteiger partial charge in [0.15, 0.2) is 0 Å². The van der Waals surface area contributed by atoms with E-state index in [1.807, 2.05) is 0 Å². The Morgan fingerprint density at radius 1 is 0.889 bits per heavy atom. The molecule has 0 saturated carbocycles. The van der Waals surface area contributed by atoms with Crippen molar-refractivity contribution in [2.45, 2.75) is 27.6 Å². The van der Waals surface area contributed by atoms with Crippen molar-refractivity contribution in [1.29, 1.82) is 0 Å². The van der Waals surface area contributed by atoms with Gasteiger partial charge in [0.05, 0.1) is 0 Å². The molecule has 0 radical (unpaired) electrons. The van der Waals surface area contributed by atoms with Crippen molar-refractivity contribution in [2.24, 2.45) is 11.8 Å². The Hall–Kier alpha value is 1.92. The van der Waals surface area contributed by atoms with Crippen molar-refractivity contribution in [2.75, 3.05) is 34.5 Å². The third kappa shape index (κ3) is 5.37. The summed E-state index contributed by atoms with van der Waals surface area (Å²) in [5.74, 6) is 10.8. The molecular formula is C13H22S4Se. The average molecular weight is 386 g/mol. The fourth-order valence-corrected chi connectivity index (χ4v) is 10.0. The fourth-order valence-electron chi connectivity index (χ4n) is 2.28. The van der Waals surface area contributed by atoms with Crippen LogP contribution in [0.3, 0.4) is 0 Å². The molecule has 4 unspecified atom stereocenters. The molecule has 3 aliphatic heterocycles. The second-order valence-corrected chi connectivity index (χ2v) is 12.6. The van der Waals surface area contributed by atoms with E-state index < -0.39 is 0 Å². The van der Waals surface area contributed by atoms with E-state index in [0.29, 0.717) is 0 Å². The first-order valence-corrected chi connectivity index (χ1v) is 13.7. The van der Waals surface area contributed by atoms with Crippen LogP contribution in [-0.4, -0.2) is 60.0 Å². The molecule has 4 atom stereocenters. The molecule has 104 valence electrons. The van der Waals surface area contributed by atoms with Gasteiger partial charge >= 0.3 is 136 Å². The van der Waals surface area contributed by atoms with Crippen LogP contribution in [0.4, 0.5) is 0 Å². The van der Waals surface area contributed by atoms with Crippen LogP contribution in [0.5, 0.6) is 0 Å². The normalized spacial score (nSPS) is 38.7. The fraction of sp³-hybridized carbons (Fsp3) is 1.00. The van der Waals surface area contributed by atoms with E-state index in [4.69, 9.17) is 0 Å². The molecule has 3 saturated heterocycles. The van der Waals surface area contributed by atoms with Gasteiger partial charge in [0, 0.05) is 0 Å². The van der Waals surface area contributed by atoms with E-state index in [-0.39, 0.29) is 0 Å². The van der Waals surface area contributed by atoms with Crippen molar-refractivity contribution in [1.82, 2.24) is 0 Å². The summed E-state index contributed by atoms with van der Waals surface area (Å²) in [6, 6.07) is 0. The van der Waals surface area contributed by atoms with E-state index in [1.54, 1.807) is 17.1 Å². The van der Waals surface area contributed by atoms with Crippen molar-refractivity contribution in [3.63, 3.8) is 0 Å². The molecule has 0 aromatic rings. The van der Waals surface area contributed by atoms with Crippen LogP contribution in [0.25, 0.3) is 0 Å². The van der Waals surface area contributed by atoms with Crippen LogP contribution in [0.2, 0.25) is 10.6 Å². The summed E-state index contributed by atoms with van der Waals surface area (Å²) in [6.45, 7) is 0. The molecule has 0 N–H and O–H groups in total. The second-order valence-electron chi connectivity index (χ2n) is 5.37. The van der Waals surface area contributed by atoms with Crippen LogP contribution < -0.4 is 0 Å². The quantitative estimate of drug-likeness (QED) is 0.459. The van der Waals surface area contributed by atoms with Gasteiger partial charge in [-0.3, -0.25) is 0 Å². The zero-order chi connectivity index (χ0) is 12.2. The minimum atomic E-state index is 0.979. The Kier molecular flexibility index (Phi) is 6.43. The standard InChI is InChI=1S/C13H22S4Se/c1-2-18-9-11(4-15-6-13-8-17-13)10(1)3-14-5-12-7-16-12/h10-13H,1-9H2. The Balaban J connectivity index is 1.33. The molecule has 0 aliphatic carbocycles. The van der Waals surface area contributed by atoms with Crippen molar-refractivity contribution in [3.05, 3.63) is 0 Å². The van der Waals surface area contributed by atoms with Gasteiger partial charge in [0.2, 0.25) is 0 Å². The van der Waals surface area contributed by atoms with E-state index in [9.17, 15) is 0 Å². The Labute approximate surface area is 135 Å². The first-order chi connectivity index (χ1) is 8.92. The molecular weight excluding hydrogens is 363 g/mol. The van der Waals surface area contributed by atoms with Gasteiger partial charge in [-0.1, -0.05) is 0 Å². The summed E-state index contributed by atoms with van der Waals surface area (Å²) in [4.78, 5) is 0. The summed E-state index contributed by atoms with van der Waals surface area (Å²) in [6.07, 6.45) is 1.55. The number of thioether (sulfide) groups is 4. The zero-order valence-electron chi connectivity index (χ0n) is 10.7. The molecule has 0 bridgehead atoms. The molecule has 0 aromatic carbocycles. The number of rotatable bonds is 8. The first kappa shape index (κ1) is 14.8. The van der Waals surface area contributed by atoms with Gasteiger partial charge in [0.1, 0.15) is 0 Å². The predicted octanol–water partition coefficient (Wildman–Crippen LogP) is 3.86. The number of hydrogen-bond acceptors (Lipinski definition) is 4. The molecule has 0 nitrogen and oxygen atoms in total. The molecule has 0 aromatic heterocycles. The van der Waals surface area contributed by atoms with Gasteiger partial charge < -0.3 is 0 Å². The maximum atomic E-state index is 2.26. The van der Waals surface area contributed by atoms with Crippen molar-refractivity contribution >= 4 is 62.0 Å². The van der Waals surface area contributed by atoms with Crippen LogP contribution in [0.1, 0.15) is 6.42 Å². The maximum absolute atomic E-state index is 2.26. The van der Waals surface area contributed by atoms with Crippen LogP contribution >= 0.6 is 47.0 Å². The van der Waals surface area contributed by atoms with Crippen LogP contribution in [0.15, 0.2) is 0 Å². The topological polar surface area (TPSA) is 0 Å². The van der Waals surface area contributed by atoms with E-state index in [0.717, 1.165) is 37.3 Å². The summed E-state index contributed by atoms with van der Waals surface area (Å²) < 4.78 is 0. The molecule has 3 rings (SSSR count). The van der Waals surface area contributed by atoms with Crippen LogP contribution in [-0.2, 0) is 0 Å². The summed E-state index contributed by atoms with van der Waals surface area (Å²) in [7, 11) is 0. The first-order valence-electron chi connectivity index (χ1n) is 6.88. The molecule has 0 spiro atoms. The van der Waals surface area contributed by atoms with Crippen molar-refractivity contribution in [3.8, 4) is 0 Å². The number of hydrogen-bond donors (Lipinski definition) is 0. The van der Waals surface area contributed by atoms with Gasteiger partial charge in [0.25, 0.3) is 0 Å². The molecule has 3 heterocycles. The molecule has 18 heavy (non-hydrogen) atoms. The van der Waals surface area contributed by atoms with Gasteiger partial charge in [-0.15, -0.1) is 0 Å². The van der Waals surface area contributed by atoms with Crippen LogP contribution in [0, 0.1) is 11.8 Å². The third-order valence-corrected chi connectivity index (χ3v) is 11.2. The Bertz CT molecular complexity index is 229. The summed E-state index contributed by atoms with van der Waals surface area (Å²) in [5.41, 5.74) is 0.